The van der Waals surface area contributed by atoms with E-state index in [4.69, 9.17) is 23.7 Å². The molecule has 16 heteroatoms. The van der Waals surface area contributed by atoms with Gasteiger partial charge in [-0.05, 0) is 66.6 Å². The molecule has 2 heterocycles. The monoisotopic (exact) mass is 753 g/mol. The van der Waals surface area contributed by atoms with Gasteiger partial charge < -0.3 is 49.2 Å². The Morgan fingerprint density at radius 2 is 1.66 bits per heavy atom. The second-order valence-electron chi connectivity index (χ2n) is 15.1. The van der Waals surface area contributed by atoms with Crippen molar-refractivity contribution in [3.05, 3.63) is 39.9 Å². The highest BCUT2D eigenvalue weighted by Gasteiger charge is 2.50. The number of benzene rings is 1. The van der Waals surface area contributed by atoms with Crippen molar-refractivity contribution in [1.82, 2.24) is 10.2 Å². The number of nitrogens with one attached hydrogen (secondary N) is 1. The van der Waals surface area contributed by atoms with Gasteiger partial charge >= 0.3 is 11.9 Å². The van der Waals surface area contributed by atoms with Gasteiger partial charge in [-0.3, -0.25) is 24.5 Å². The maximum Gasteiger partial charge on any atom is 0.312 e. The summed E-state index contributed by atoms with van der Waals surface area (Å²) >= 11 is 0. The molecule has 300 valence electrons. The number of hydrogen-bond acceptors (Lipinski definition) is 14. The average Bonchev–Trinajstić information content (AvgIpc) is 3.10. The van der Waals surface area contributed by atoms with Crippen LogP contribution < -0.4 is 5.32 Å². The molecular weight excluding hydrogens is 694 g/mol. The topological polar surface area (TPSA) is 216 Å². The van der Waals surface area contributed by atoms with Crippen molar-refractivity contribution in [1.29, 1.82) is 0 Å². The van der Waals surface area contributed by atoms with Crippen LogP contribution in [0.25, 0.3) is 0 Å². The Kier molecular flexibility index (Phi) is 15.7. The number of aliphatic hydroxyl groups is 3. The molecule has 1 aromatic rings. The highest BCUT2D eigenvalue weighted by molar-refractivity contribution is 5.79. The number of nitrogens with zero attached hydrogens (tertiary/aromatic N) is 2. The molecule has 0 aromatic heterocycles. The smallest absolute Gasteiger partial charge is 0.312 e. The summed E-state index contributed by atoms with van der Waals surface area (Å²) in [6, 6.07) is 4.49. The summed E-state index contributed by atoms with van der Waals surface area (Å²) in [6.45, 7) is 11.7. The van der Waals surface area contributed by atoms with E-state index in [-0.39, 0.29) is 37.1 Å². The minimum Gasteiger partial charge on any atom is -0.461 e. The molecule has 1 amide bonds. The van der Waals surface area contributed by atoms with E-state index in [0.29, 0.717) is 12.0 Å². The molecule has 2 saturated heterocycles. The summed E-state index contributed by atoms with van der Waals surface area (Å²) in [6.07, 6.45) is -8.88. The van der Waals surface area contributed by atoms with E-state index in [1.54, 1.807) is 27.7 Å². The number of ether oxygens (including phenoxy) is 5. The molecule has 1 aromatic carbocycles. The Balaban J connectivity index is 2.15. The molecule has 0 spiro atoms. The van der Waals surface area contributed by atoms with Crippen LogP contribution in [0.2, 0.25) is 0 Å². The quantitative estimate of drug-likeness (QED) is 0.162. The molecular formula is C37H59N3O13. The molecule has 0 bridgehead atoms. The maximum atomic E-state index is 13.9. The number of amides is 1. The molecule has 0 unspecified atom stereocenters. The highest BCUT2D eigenvalue weighted by atomic mass is 16.7. The van der Waals surface area contributed by atoms with E-state index in [1.165, 1.54) is 45.2 Å². The summed E-state index contributed by atoms with van der Waals surface area (Å²) < 4.78 is 30.8. The zero-order chi connectivity index (χ0) is 39.9. The van der Waals surface area contributed by atoms with Gasteiger partial charge in [-0.15, -0.1) is 0 Å². The van der Waals surface area contributed by atoms with Gasteiger partial charge in [-0.2, -0.15) is 0 Å². The second-order valence-corrected chi connectivity index (χ2v) is 15.1. The number of non-ortho nitro benzene ring substituents is 1. The number of methoxy groups -OCH3 is 1. The van der Waals surface area contributed by atoms with Gasteiger partial charge in [0.2, 0.25) is 5.91 Å². The van der Waals surface area contributed by atoms with Crippen molar-refractivity contribution >= 4 is 23.5 Å². The van der Waals surface area contributed by atoms with Crippen LogP contribution in [0.4, 0.5) is 5.69 Å². The van der Waals surface area contributed by atoms with Crippen LogP contribution in [-0.4, -0.2) is 131 Å². The lowest BCUT2D eigenvalue weighted by molar-refractivity contribution is -0.384. The summed E-state index contributed by atoms with van der Waals surface area (Å²) in [5, 5.41) is 47.6. The Morgan fingerprint density at radius 3 is 2.21 bits per heavy atom. The number of nitro groups is 1. The molecule has 53 heavy (non-hydrogen) atoms. The minimum absolute atomic E-state index is 0.0944. The van der Waals surface area contributed by atoms with Crippen LogP contribution in [0.15, 0.2) is 24.3 Å². The largest absolute Gasteiger partial charge is 0.461 e. The molecule has 2 aliphatic rings. The first-order chi connectivity index (χ1) is 24.7. The minimum atomic E-state index is -1.62. The number of cyclic esters (lactones) is 1. The van der Waals surface area contributed by atoms with E-state index in [0.717, 1.165) is 0 Å². The number of esters is 2. The van der Waals surface area contributed by atoms with Gasteiger partial charge in [0.25, 0.3) is 5.69 Å². The lowest BCUT2D eigenvalue weighted by atomic mass is 9.78. The lowest BCUT2D eigenvalue weighted by Gasteiger charge is -2.48. The predicted molar refractivity (Wildman–Crippen MR) is 191 cm³/mol. The number of carbonyl (C=O) groups excluding carboxylic acids is 3. The molecule has 2 fully saturated rings. The third-order valence-corrected chi connectivity index (χ3v) is 10.7. The van der Waals surface area contributed by atoms with Crippen molar-refractivity contribution in [2.75, 3.05) is 21.2 Å². The van der Waals surface area contributed by atoms with Gasteiger partial charge in [0, 0.05) is 37.2 Å². The number of aliphatic hydroxyl groups excluding tert-OH is 3. The number of likely N-dealkylation sites (N-methyl/N-ethyl adjacent to an activating group) is 1. The summed E-state index contributed by atoms with van der Waals surface area (Å²) in [7, 11) is 5.13. The molecule has 0 radical (unpaired) electrons. The van der Waals surface area contributed by atoms with Crippen LogP contribution in [0, 0.1) is 27.9 Å². The zero-order valence-corrected chi connectivity index (χ0v) is 32.5. The molecule has 2 aliphatic heterocycles. The first kappa shape index (κ1) is 44.1. The number of hydrogen-bond donors (Lipinski definition) is 4. The SMILES string of the molecule is CC[C@H]1OC(=O)[C@H](C)[C@@H](OC(=O)Cc2ccc([N+](=O)[O-])cc2)[C@H](C)[C@@H](O[C@@H]2O[C@H](C)C[C@@H](N(C)C)[C@H]2O)[C@](C)(OC)C[C@@H](C)NC(=O)[C@H](C)[C@@H](O)[C@@H]1O. The first-order valence-electron chi connectivity index (χ1n) is 18.2. The molecule has 14 atom stereocenters. The standard InChI is InChI=1S/C37H59N3O13/c1-11-27-31(44)29(42)21(4)34(45)38-19(2)18-37(7,49-10)33(53-36-30(43)26(39(8)9)16-20(3)50-36)22(5)32(23(6)35(46)51-27)52-28(41)17-24-12-14-25(15-13-24)40(47)48/h12-15,19-23,26-27,29-33,36,42-44H,11,16-18H2,1-10H3,(H,38,45)/t19-,20-,21-,22+,23-,26-,27-,29-,30-,31-,32+,33-,36+,37-/m1/s1. The fourth-order valence-corrected chi connectivity index (χ4v) is 7.36. The van der Waals surface area contributed by atoms with Gasteiger partial charge in [0.05, 0.1) is 47.1 Å². The highest BCUT2D eigenvalue weighted by Crippen LogP contribution is 2.38. The van der Waals surface area contributed by atoms with Gasteiger partial charge in [-0.25, -0.2) is 0 Å². The fourth-order valence-electron chi connectivity index (χ4n) is 7.36. The van der Waals surface area contributed by atoms with E-state index in [9.17, 15) is 39.8 Å². The van der Waals surface area contributed by atoms with Crippen molar-refractivity contribution in [3.63, 3.8) is 0 Å². The first-order valence-corrected chi connectivity index (χ1v) is 18.2. The van der Waals surface area contributed by atoms with Crippen molar-refractivity contribution in [3.8, 4) is 0 Å². The van der Waals surface area contributed by atoms with Crippen molar-refractivity contribution in [2.45, 2.75) is 141 Å². The molecule has 16 nitrogen and oxygen atoms in total. The van der Waals surface area contributed by atoms with Crippen LogP contribution >= 0.6 is 0 Å². The van der Waals surface area contributed by atoms with E-state index in [2.05, 4.69) is 5.32 Å². The Bertz CT molecular complexity index is 1400. The average molecular weight is 754 g/mol. The van der Waals surface area contributed by atoms with E-state index < -0.39 is 95.1 Å². The van der Waals surface area contributed by atoms with Crippen LogP contribution in [0.5, 0.6) is 0 Å². The Labute approximate surface area is 311 Å². The number of rotatable bonds is 9. The van der Waals surface area contributed by atoms with Gasteiger partial charge in [0.15, 0.2) is 6.29 Å². The molecule has 4 N–H and O–H groups in total. The second kappa shape index (κ2) is 18.9. The summed E-state index contributed by atoms with van der Waals surface area (Å²) in [4.78, 5) is 53.4. The third kappa shape index (κ3) is 10.9. The van der Waals surface area contributed by atoms with Crippen molar-refractivity contribution in [2.24, 2.45) is 17.8 Å². The fraction of sp³-hybridized carbons (Fsp3) is 0.757. The Hall–Kier alpha value is -3.25. The van der Waals surface area contributed by atoms with Gasteiger partial charge in [0.1, 0.15) is 24.4 Å². The van der Waals surface area contributed by atoms with Crippen LogP contribution in [0.1, 0.15) is 73.3 Å². The van der Waals surface area contributed by atoms with E-state index in [1.807, 2.05) is 25.9 Å². The zero-order valence-electron chi connectivity index (χ0n) is 32.5. The molecule has 0 saturated carbocycles. The van der Waals surface area contributed by atoms with Gasteiger partial charge in [-0.1, -0.05) is 32.9 Å². The predicted octanol–water partition coefficient (Wildman–Crippen LogP) is 2.13. The van der Waals surface area contributed by atoms with Crippen LogP contribution in [-0.2, 0) is 44.5 Å². The molecule has 3 rings (SSSR count). The number of nitro benzene ring substituents is 1. The third-order valence-electron chi connectivity index (χ3n) is 10.7. The maximum absolute atomic E-state index is 13.9. The normalized spacial score (nSPS) is 37.9. The Morgan fingerprint density at radius 1 is 1.04 bits per heavy atom. The van der Waals surface area contributed by atoms with E-state index >= 15 is 0 Å². The lowest BCUT2D eigenvalue weighted by Crippen LogP contribution is -2.60. The molecule has 0 aliphatic carbocycles. The number of carbonyl (C=O) groups is 3. The summed E-state index contributed by atoms with van der Waals surface area (Å²) in [5.74, 6) is -5.30. The van der Waals surface area contributed by atoms with Crippen LogP contribution in [0.3, 0.4) is 0 Å². The summed E-state index contributed by atoms with van der Waals surface area (Å²) in [5.41, 5.74) is -1.01. The van der Waals surface area contributed by atoms with Crippen molar-refractivity contribution < 1.29 is 58.3 Å².